The minimum atomic E-state index is -0.158. The molecule has 1 fully saturated rings. The third-order valence-corrected chi connectivity index (χ3v) is 5.89. The number of morpholine rings is 1. The van der Waals surface area contributed by atoms with E-state index in [9.17, 15) is 4.79 Å². The molecule has 170 valence electrons. The van der Waals surface area contributed by atoms with Crippen LogP contribution in [-0.4, -0.2) is 36.1 Å². The SMILES string of the molecule is CC1CN(Cc2ccc(/C=C/C(=O)Nc3ccc(-c4ccc(Cl)cc4)cc3)cc2)CC(C)O1. The summed E-state index contributed by atoms with van der Waals surface area (Å²) in [5.74, 6) is -0.158. The van der Waals surface area contributed by atoms with Crippen molar-refractivity contribution in [3.8, 4) is 11.1 Å². The summed E-state index contributed by atoms with van der Waals surface area (Å²) in [6.07, 6.45) is 3.93. The van der Waals surface area contributed by atoms with Crippen LogP contribution in [0.5, 0.6) is 0 Å². The number of ether oxygens (including phenoxy) is 1. The highest BCUT2D eigenvalue weighted by atomic mass is 35.5. The lowest BCUT2D eigenvalue weighted by Crippen LogP contribution is -2.44. The molecule has 4 rings (SSSR count). The van der Waals surface area contributed by atoms with E-state index < -0.39 is 0 Å². The normalized spacial score (nSPS) is 19.0. The second-order valence-corrected chi connectivity index (χ2v) is 9.04. The van der Waals surface area contributed by atoms with Gasteiger partial charge in [-0.3, -0.25) is 9.69 Å². The predicted octanol–water partition coefficient (Wildman–Crippen LogP) is 6.27. The smallest absolute Gasteiger partial charge is 0.248 e. The third-order valence-electron chi connectivity index (χ3n) is 5.64. The van der Waals surface area contributed by atoms with Crippen LogP contribution in [0.4, 0.5) is 5.69 Å². The van der Waals surface area contributed by atoms with Gasteiger partial charge >= 0.3 is 0 Å². The summed E-state index contributed by atoms with van der Waals surface area (Å²) in [5, 5.41) is 3.62. The van der Waals surface area contributed by atoms with E-state index in [2.05, 4.69) is 36.2 Å². The second-order valence-electron chi connectivity index (χ2n) is 8.60. The van der Waals surface area contributed by atoms with Crippen LogP contribution < -0.4 is 5.32 Å². The first kappa shape index (κ1) is 23.2. The molecule has 1 amide bonds. The molecule has 1 saturated heterocycles. The minimum Gasteiger partial charge on any atom is -0.373 e. The maximum absolute atomic E-state index is 12.3. The fourth-order valence-electron chi connectivity index (χ4n) is 4.15. The number of benzene rings is 3. The van der Waals surface area contributed by atoms with E-state index >= 15 is 0 Å². The van der Waals surface area contributed by atoms with Gasteiger partial charge in [-0.25, -0.2) is 0 Å². The van der Waals surface area contributed by atoms with Gasteiger partial charge in [-0.15, -0.1) is 0 Å². The van der Waals surface area contributed by atoms with Gasteiger partial charge in [0, 0.05) is 36.4 Å². The van der Waals surface area contributed by atoms with Crippen molar-refractivity contribution < 1.29 is 9.53 Å². The monoisotopic (exact) mass is 460 g/mol. The Balaban J connectivity index is 1.29. The lowest BCUT2D eigenvalue weighted by molar-refractivity contribution is -0.111. The Kier molecular flexibility index (Phi) is 7.61. The highest BCUT2D eigenvalue weighted by Crippen LogP contribution is 2.23. The van der Waals surface area contributed by atoms with Gasteiger partial charge in [0.15, 0.2) is 0 Å². The van der Waals surface area contributed by atoms with Crippen molar-refractivity contribution in [2.75, 3.05) is 18.4 Å². The first-order valence-corrected chi connectivity index (χ1v) is 11.6. The second kappa shape index (κ2) is 10.8. The fourth-order valence-corrected chi connectivity index (χ4v) is 4.28. The number of nitrogens with one attached hydrogen (secondary N) is 1. The fraction of sp³-hybridized carbons (Fsp3) is 0.250. The van der Waals surface area contributed by atoms with E-state index in [-0.39, 0.29) is 18.1 Å². The first-order chi connectivity index (χ1) is 15.9. The van der Waals surface area contributed by atoms with Crippen LogP contribution in [0, 0.1) is 0 Å². The summed E-state index contributed by atoms with van der Waals surface area (Å²) in [6.45, 7) is 7.06. The van der Waals surface area contributed by atoms with Gasteiger partial charge in [-0.05, 0) is 66.4 Å². The molecule has 2 unspecified atom stereocenters. The molecule has 5 heteroatoms. The lowest BCUT2D eigenvalue weighted by Gasteiger charge is -2.35. The number of amides is 1. The van der Waals surface area contributed by atoms with Crippen molar-refractivity contribution in [3.05, 3.63) is 95.0 Å². The van der Waals surface area contributed by atoms with Gasteiger partial charge in [-0.1, -0.05) is 60.1 Å². The average Bonchev–Trinajstić information content (AvgIpc) is 2.79. The van der Waals surface area contributed by atoms with Crippen molar-refractivity contribution in [1.29, 1.82) is 0 Å². The number of anilines is 1. The Morgan fingerprint density at radius 2 is 1.52 bits per heavy atom. The molecule has 1 aliphatic rings. The molecule has 0 spiro atoms. The molecule has 4 nitrogen and oxygen atoms in total. The summed E-state index contributed by atoms with van der Waals surface area (Å²) in [7, 11) is 0. The van der Waals surface area contributed by atoms with E-state index in [1.54, 1.807) is 6.08 Å². The largest absolute Gasteiger partial charge is 0.373 e. The highest BCUT2D eigenvalue weighted by Gasteiger charge is 2.21. The third kappa shape index (κ3) is 6.78. The molecule has 2 atom stereocenters. The Morgan fingerprint density at radius 1 is 0.939 bits per heavy atom. The molecule has 3 aromatic rings. The number of carbonyl (C=O) groups excluding carboxylic acids is 1. The lowest BCUT2D eigenvalue weighted by atomic mass is 10.1. The molecular formula is C28H29ClN2O2. The van der Waals surface area contributed by atoms with Gasteiger partial charge in [-0.2, -0.15) is 0 Å². The molecule has 1 heterocycles. The average molecular weight is 461 g/mol. The number of halogens is 1. The summed E-state index contributed by atoms with van der Waals surface area (Å²) in [5.41, 5.74) is 5.17. The van der Waals surface area contributed by atoms with Crippen LogP contribution >= 0.6 is 11.6 Å². The Labute approximate surface area is 200 Å². The maximum atomic E-state index is 12.3. The molecule has 0 aliphatic carbocycles. The molecular weight excluding hydrogens is 432 g/mol. The zero-order valence-electron chi connectivity index (χ0n) is 19.0. The Hall–Kier alpha value is -2.92. The summed E-state index contributed by atoms with van der Waals surface area (Å²) < 4.78 is 5.81. The zero-order valence-corrected chi connectivity index (χ0v) is 19.8. The molecule has 0 aromatic heterocycles. The zero-order chi connectivity index (χ0) is 23.2. The molecule has 33 heavy (non-hydrogen) atoms. The summed E-state index contributed by atoms with van der Waals surface area (Å²) in [6, 6.07) is 23.8. The first-order valence-electron chi connectivity index (χ1n) is 11.3. The van der Waals surface area contributed by atoms with E-state index in [0.29, 0.717) is 5.02 Å². The highest BCUT2D eigenvalue weighted by molar-refractivity contribution is 6.30. The summed E-state index contributed by atoms with van der Waals surface area (Å²) in [4.78, 5) is 14.8. The van der Waals surface area contributed by atoms with Crippen LogP contribution in [-0.2, 0) is 16.1 Å². The van der Waals surface area contributed by atoms with Gasteiger partial charge < -0.3 is 10.1 Å². The van der Waals surface area contributed by atoms with Crippen molar-refractivity contribution in [2.24, 2.45) is 0 Å². The van der Waals surface area contributed by atoms with Crippen LogP contribution in [0.15, 0.2) is 78.9 Å². The topological polar surface area (TPSA) is 41.6 Å². The number of hydrogen-bond donors (Lipinski definition) is 1. The van der Waals surface area contributed by atoms with Crippen LogP contribution in [0.1, 0.15) is 25.0 Å². The van der Waals surface area contributed by atoms with Gasteiger partial charge in [0.25, 0.3) is 0 Å². The number of carbonyl (C=O) groups is 1. The molecule has 1 N–H and O–H groups in total. The van der Waals surface area contributed by atoms with Crippen molar-refractivity contribution in [2.45, 2.75) is 32.6 Å². The Bertz CT molecular complexity index is 1080. The standard InChI is InChI=1S/C28H29ClN2O2/c1-20-17-31(18-21(2)33-20)19-23-5-3-22(4-6-23)7-16-28(32)30-27-14-10-25(11-15-27)24-8-12-26(29)13-9-24/h3-16,20-21H,17-19H2,1-2H3,(H,30,32)/b16-7+. The van der Waals surface area contributed by atoms with Crippen LogP contribution in [0.25, 0.3) is 17.2 Å². The molecule has 1 aliphatic heterocycles. The quantitative estimate of drug-likeness (QED) is 0.441. The Morgan fingerprint density at radius 3 is 2.12 bits per heavy atom. The van der Waals surface area contributed by atoms with Gasteiger partial charge in [0.1, 0.15) is 0 Å². The maximum Gasteiger partial charge on any atom is 0.248 e. The molecule has 0 radical (unpaired) electrons. The molecule has 3 aromatic carbocycles. The van der Waals surface area contributed by atoms with Crippen molar-refractivity contribution >= 4 is 29.3 Å². The van der Waals surface area contributed by atoms with Gasteiger partial charge in [0.05, 0.1) is 12.2 Å². The number of rotatable bonds is 6. The van der Waals surface area contributed by atoms with E-state index in [1.807, 2.05) is 66.7 Å². The van der Waals surface area contributed by atoms with E-state index in [0.717, 1.165) is 42.0 Å². The van der Waals surface area contributed by atoms with E-state index in [1.165, 1.54) is 5.56 Å². The summed E-state index contributed by atoms with van der Waals surface area (Å²) >= 11 is 5.95. The minimum absolute atomic E-state index is 0.158. The molecule has 0 saturated carbocycles. The predicted molar refractivity (Wildman–Crippen MR) is 136 cm³/mol. The van der Waals surface area contributed by atoms with Crippen LogP contribution in [0.3, 0.4) is 0 Å². The number of hydrogen-bond acceptors (Lipinski definition) is 3. The van der Waals surface area contributed by atoms with E-state index in [4.69, 9.17) is 16.3 Å². The number of nitrogens with zero attached hydrogens (tertiary/aromatic N) is 1. The van der Waals surface area contributed by atoms with Crippen molar-refractivity contribution in [3.63, 3.8) is 0 Å². The van der Waals surface area contributed by atoms with Gasteiger partial charge in [0.2, 0.25) is 5.91 Å². The van der Waals surface area contributed by atoms with Crippen LogP contribution in [0.2, 0.25) is 5.02 Å². The molecule has 0 bridgehead atoms. The van der Waals surface area contributed by atoms with Crippen molar-refractivity contribution in [1.82, 2.24) is 4.90 Å².